The summed E-state index contributed by atoms with van der Waals surface area (Å²) in [6.07, 6.45) is -1.26. The highest BCUT2D eigenvalue weighted by Gasteiger charge is 2.57. The molecule has 216 valence electrons. The van der Waals surface area contributed by atoms with Crippen molar-refractivity contribution in [3.63, 3.8) is 0 Å². The molecule has 41 heavy (non-hydrogen) atoms. The van der Waals surface area contributed by atoms with Crippen LogP contribution in [0, 0.1) is 0 Å². The average molecular weight is 600 g/mol. The monoisotopic (exact) mass is 599 g/mol. The number of carbonyl (C=O) groups excluding carboxylic acids is 5. The van der Waals surface area contributed by atoms with Gasteiger partial charge in [-0.1, -0.05) is 68.1 Å². The van der Waals surface area contributed by atoms with E-state index in [2.05, 4.69) is 10.6 Å². The third-order valence-corrected chi connectivity index (χ3v) is 8.13. The van der Waals surface area contributed by atoms with Gasteiger partial charge < -0.3 is 29.7 Å². The number of carbonyl (C=O) groups is 5. The lowest BCUT2D eigenvalue weighted by atomic mass is 10.00. The van der Waals surface area contributed by atoms with Gasteiger partial charge in [-0.3, -0.25) is 19.2 Å². The summed E-state index contributed by atoms with van der Waals surface area (Å²) < 4.78 is 15.7. The number of fused-ring (bicyclic) bond motifs is 1. The molecule has 0 spiro atoms. The van der Waals surface area contributed by atoms with Crippen LogP contribution in [0.1, 0.15) is 31.1 Å². The summed E-state index contributed by atoms with van der Waals surface area (Å²) in [6, 6.07) is 13.1. The zero-order chi connectivity index (χ0) is 29.5. The summed E-state index contributed by atoms with van der Waals surface area (Å²) in [5, 5.41) is 5.90. The number of ether oxygens (including phenoxy) is 3. The number of hydrogen-bond acceptors (Lipinski definition) is 10. The maximum atomic E-state index is 13.4. The minimum Gasteiger partial charge on any atom is -0.497 e. The van der Waals surface area contributed by atoms with Crippen LogP contribution in [0.2, 0.25) is 0 Å². The van der Waals surface area contributed by atoms with Crippen LogP contribution in [0.25, 0.3) is 0 Å². The predicted molar refractivity (Wildman–Crippen MR) is 152 cm³/mol. The summed E-state index contributed by atoms with van der Waals surface area (Å²) in [5.74, 6) is -1.32. The maximum absolute atomic E-state index is 13.4. The van der Waals surface area contributed by atoms with E-state index in [0.29, 0.717) is 16.9 Å². The van der Waals surface area contributed by atoms with Gasteiger partial charge in [0, 0.05) is 10.8 Å². The molecule has 2 N–H and O–H groups in total. The lowest BCUT2D eigenvalue weighted by Crippen LogP contribution is -2.74. The van der Waals surface area contributed by atoms with Crippen LogP contribution in [0.5, 0.6) is 5.75 Å². The minimum absolute atomic E-state index is 0.00329. The van der Waals surface area contributed by atoms with Gasteiger partial charge in [-0.25, -0.2) is 4.79 Å². The van der Waals surface area contributed by atoms with E-state index in [4.69, 9.17) is 14.2 Å². The number of rotatable bonds is 11. The molecule has 2 heterocycles. The standard InChI is InChI=1S/C28H29N3O8S2/c1-16(2)41-28(36)29-20-14-40-26-21(30-24(33)23(39-15-32)18-7-5-4-6-8-18)25(34)31(26)22(20)27(35)38-13-17-9-11-19(37-3)12-10-17/h4-12,14-16,21-23,26H,13H2,1-3H3,(H,29,36)(H,30,33)/t21?,22?,23?,26-/m0/s1. The van der Waals surface area contributed by atoms with E-state index in [1.54, 1.807) is 67.1 Å². The van der Waals surface area contributed by atoms with E-state index in [1.807, 2.05) is 13.8 Å². The molecular formula is C28H29N3O8S2. The van der Waals surface area contributed by atoms with E-state index in [1.165, 1.54) is 16.7 Å². The van der Waals surface area contributed by atoms with Crippen LogP contribution in [-0.4, -0.2) is 64.2 Å². The van der Waals surface area contributed by atoms with Crippen molar-refractivity contribution in [2.75, 3.05) is 7.11 Å². The smallest absolute Gasteiger partial charge is 0.335 e. The molecule has 2 aromatic carbocycles. The van der Waals surface area contributed by atoms with Crippen molar-refractivity contribution in [2.45, 2.75) is 49.3 Å². The molecule has 13 heteroatoms. The molecule has 0 aliphatic carbocycles. The van der Waals surface area contributed by atoms with Crippen molar-refractivity contribution in [1.82, 2.24) is 15.5 Å². The summed E-state index contributed by atoms with van der Waals surface area (Å²) in [4.78, 5) is 64.6. The fourth-order valence-corrected chi connectivity index (χ4v) is 6.03. The maximum Gasteiger partial charge on any atom is 0.335 e. The van der Waals surface area contributed by atoms with Gasteiger partial charge in [0.1, 0.15) is 23.8 Å². The van der Waals surface area contributed by atoms with Crippen molar-refractivity contribution in [2.24, 2.45) is 0 Å². The Kier molecular flexibility index (Phi) is 9.95. The number of amides is 3. The quantitative estimate of drug-likeness (QED) is 0.225. The van der Waals surface area contributed by atoms with Gasteiger partial charge in [-0.2, -0.15) is 0 Å². The van der Waals surface area contributed by atoms with Crippen LogP contribution in [0.4, 0.5) is 4.79 Å². The van der Waals surface area contributed by atoms with E-state index in [0.717, 1.165) is 11.8 Å². The number of nitrogens with zero attached hydrogens (tertiary/aromatic N) is 1. The van der Waals surface area contributed by atoms with Gasteiger partial charge in [-0.15, -0.1) is 11.8 Å². The first-order chi connectivity index (χ1) is 19.7. The van der Waals surface area contributed by atoms with Crippen molar-refractivity contribution < 1.29 is 38.2 Å². The molecule has 0 saturated carbocycles. The van der Waals surface area contributed by atoms with E-state index < -0.39 is 41.3 Å². The Hall–Kier alpha value is -3.97. The van der Waals surface area contributed by atoms with Crippen LogP contribution in [0.3, 0.4) is 0 Å². The van der Waals surface area contributed by atoms with Gasteiger partial charge in [-0.05, 0) is 23.1 Å². The van der Waals surface area contributed by atoms with Crippen molar-refractivity contribution in [3.8, 4) is 5.75 Å². The molecule has 1 fully saturated rings. The van der Waals surface area contributed by atoms with E-state index >= 15 is 0 Å². The third kappa shape index (κ3) is 7.03. The zero-order valence-electron chi connectivity index (χ0n) is 22.5. The van der Waals surface area contributed by atoms with Gasteiger partial charge in [0.05, 0.1) is 12.8 Å². The second-order valence-corrected chi connectivity index (χ2v) is 11.8. The summed E-state index contributed by atoms with van der Waals surface area (Å²) in [5.41, 5.74) is 1.34. The highest BCUT2D eigenvalue weighted by molar-refractivity contribution is 8.14. The Morgan fingerprint density at radius 1 is 1.10 bits per heavy atom. The Morgan fingerprint density at radius 3 is 2.44 bits per heavy atom. The molecule has 3 unspecified atom stereocenters. The van der Waals surface area contributed by atoms with Crippen LogP contribution < -0.4 is 15.4 Å². The molecule has 0 radical (unpaired) electrons. The molecule has 1 saturated heterocycles. The second kappa shape index (κ2) is 13.6. The molecule has 2 aliphatic heterocycles. The number of hydrogen-bond donors (Lipinski definition) is 2. The number of methoxy groups -OCH3 is 1. The minimum atomic E-state index is -1.26. The zero-order valence-corrected chi connectivity index (χ0v) is 24.1. The van der Waals surface area contributed by atoms with Crippen molar-refractivity contribution >= 4 is 53.0 Å². The fourth-order valence-electron chi connectivity index (χ4n) is 4.25. The first-order valence-corrected chi connectivity index (χ1v) is 14.4. The average Bonchev–Trinajstić information content (AvgIpc) is 2.97. The molecule has 4 rings (SSSR count). The highest BCUT2D eigenvalue weighted by atomic mass is 32.2. The number of benzene rings is 2. The SMILES string of the molecule is COc1ccc(COC(=O)C2C(NC(=O)SC(C)C)=CS[C@H]3C(NC(=O)C(OC=O)c4ccccc4)C(=O)N23)cc1. The number of esters is 1. The lowest BCUT2D eigenvalue weighted by molar-refractivity contribution is -0.165. The molecule has 2 aromatic rings. The Balaban J connectivity index is 1.51. The highest BCUT2D eigenvalue weighted by Crippen LogP contribution is 2.40. The molecule has 0 bridgehead atoms. The van der Waals surface area contributed by atoms with Gasteiger partial charge in [0.2, 0.25) is 12.0 Å². The second-order valence-electron chi connectivity index (χ2n) is 9.29. The Morgan fingerprint density at radius 2 is 1.80 bits per heavy atom. The summed E-state index contributed by atoms with van der Waals surface area (Å²) >= 11 is 2.21. The van der Waals surface area contributed by atoms with E-state index in [9.17, 15) is 24.0 Å². The predicted octanol–water partition coefficient (Wildman–Crippen LogP) is 3.11. The normalized spacial score (nSPS) is 20.1. The first kappa shape index (κ1) is 30.0. The van der Waals surface area contributed by atoms with Gasteiger partial charge in [0.25, 0.3) is 17.6 Å². The molecule has 2 aliphatic rings. The van der Waals surface area contributed by atoms with Gasteiger partial charge >= 0.3 is 5.97 Å². The summed E-state index contributed by atoms with van der Waals surface area (Å²) in [6.45, 7) is 3.81. The molecule has 3 amide bonds. The van der Waals surface area contributed by atoms with Crippen molar-refractivity contribution in [3.05, 3.63) is 76.8 Å². The first-order valence-electron chi connectivity index (χ1n) is 12.6. The fraction of sp³-hybridized carbons (Fsp3) is 0.321. The van der Waals surface area contributed by atoms with Crippen LogP contribution >= 0.6 is 23.5 Å². The van der Waals surface area contributed by atoms with E-state index in [-0.39, 0.29) is 29.3 Å². The van der Waals surface area contributed by atoms with Crippen molar-refractivity contribution in [1.29, 1.82) is 0 Å². The van der Waals surface area contributed by atoms with Crippen LogP contribution in [-0.2, 0) is 35.3 Å². The topological polar surface area (TPSA) is 140 Å². The molecule has 11 nitrogen and oxygen atoms in total. The Bertz CT molecular complexity index is 1320. The number of nitrogens with one attached hydrogen (secondary N) is 2. The largest absolute Gasteiger partial charge is 0.497 e. The van der Waals surface area contributed by atoms with Crippen LogP contribution in [0.15, 0.2) is 65.7 Å². The number of thioether (sulfide) groups is 2. The van der Waals surface area contributed by atoms with Gasteiger partial charge in [0.15, 0.2) is 6.04 Å². The lowest BCUT2D eigenvalue weighted by Gasteiger charge is -2.51. The molecular weight excluding hydrogens is 570 g/mol. The third-order valence-electron chi connectivity index (χ3n) is 6.17. The summed E-state index contributed by atoms with van der Waals surface area (Å²) in [7, 11) is 1.54. The Labute approximate surface area is 245 Å². The molecule has 0 aromatic heterocycles. The molecule has 4 atom stereocenters. The number of β-lactam (4-membered cyclic amide) rings is 1.